The monoisotopic (exact) mass is 392 g/mol. The first kappa shape index (κ1) is 18.9. The standard InChI is InChI=1S/C19H21ClN2O3S/c1-15-4-2-3-5-17(15)14-26(24,25)22-12-10-21(11-13-22)19(23)16-6-8-18(20)9-7-16/h2-9H,10-14H2,1H3. The number of nitrogens with zero attached hydrogens (tertiary/aromatic N) is 2. The summed E-state index contributed by atoms with van der Waals surface area (Å²) in [5, 5.41) is 0.577. The van der Waals surface area contributed by atoms with Gasteiger partial charge in [0.1, 0.15) is 0 Å². The van der Waals surface area contributed by atoms with E-state index in [9.17, 15) is 13.2 Å². The number of piperazine rings is 1. The van der Waals surface area contributed by atoms with Gasteiger partial charge < -0.3 is 4.90 Å². The SMILES string of the molecule is Cc1ccccc1CS(=O)(=O)N1CCN(C(=O)c2ccc(Cl)cc2)CC1. The highest BCUT2D eigenvalue weighted by Gasteiger charge is 2.29. The second-order valence-electron chi connectivity index (χ2n) is 6.38. The average Bonchev–Trinajstić information content (AvgIpc) is 2.64. The highest BCUT2D eigenvalue weighted by molar-refractivity contribution is 7.88. The minimum Gasteiger partial charge on any atom is -0.336 e. The van der Waals surface area contributed by atoms with Gasteiger partial charge >= 0.3 is 0 Å². The number of rotatable bonds is 4. The molecule has 2 aromatic carbocycles. The van der Waals surface area contributed by atoms with Gasteiger partial charge in [-0.2, -0.15) is 4.31 Å². The molecule has 3 rings (SSSR count). The number of halogens is 1. The second kappa shape index (κ2) is 7.78. The van der Waals surface area contributed by atoms with E-state index in [4.69, 9.17) is 11.6 Å². The van der Waals surface area contributed by atoms with Crippen LogP contribution < -0.4 is 0 Å². The predicted octanol–water partition coefficient (Wildman–Crippen LogP) is 2.94. The molecule has 5 nitrogen and oxygen atoms in total. The second-order valence-corrected chi connectivity index (χ2v) is 8.79. The topological polar surface area (TPSA) is 57.7 Å². The van der Waals surface area contributed by atoms with Gasteiger partial charge in [0, 0.05) is 36.8 Å². The number of aryl methyl sites for hydroxylation is 1. The first-order valence-corrected chi connectivity index (χ1v) is 10.4. The molecule has 26 heavy (non-hydrogen) atoms. The predicted molar refractivity (Wildman–Crippen MR) is 103 cm³/mol. The molecule has 0 spiro atoms. The zero-order chi connectivity index (χ0) is 18.7. The fourth-order valence-corrected chi connectivity index (χ4v) is 4.75. The molecule has 0 atom stereocenters. The van der Waals surface area contributed by atoms with Crippen LogP contribution in [-0.2, 0) is 15.8 Å². The van der Waals surface area contributed by atoms with Crippen LogP contribution in [0.15, 0.2) is 48.5 Å². The molecule has 0 aliphatic carbocycles. The number of amides is 1. The summed E-state index contributed by atoms with van der Waals surface area (Å²) in [5.41, 5.74) is 2.34. The molecule has 1 aliphatic rings. The molecule has 138 valence electrons. The van der Waals surface area contributed by atoms with Crippen LogP contribution in [-0.4, -0.2) is 49.7 Å². The first-order chi connectivity index (χ1) is 12.4. The Morgan fingerprint density at radius 1 is 1.00 bits per heavy atom. The van der Waals surface area contributed by atoms with E-state index in [0.29, 0.717) is 36.8 Å². The molecule has 7 heteroatoms. The van der Waals surface area contributed by atoms with Gasteiger partial charge in [0.05, 0.1) is 5.75 Å². The molecule has 0 N–H and O–H groups in total. The fraction of sp³-hybridized carbons (Fsp3) is 0.316. The maximum atomic E-state index is 12.7. The maximum Gasteiger partial charge on any atom is 0.253 e. The molecule has 1 saturated heterocycles. The van der Waals surface area contributed by atoms with Crippen LogP contribution in [0.2, 0.25) is 5.02 Å². The zero-order valence-corrected chi connectivity index (χ0v) is 16.1. The van der Waals surface area contributed by atoms with Crippen LogP contribution in [0.25, 0.3) is 0 Å². The summed E-state index contributed by atoms with van der Waals surface area (Å²) in [5.74, 6) is -0.109. The Kier molecular flexibility index (Phi) is 5.65. The number of hydrogen-bond donors (Lipinski definition) is 0. The van der Waals surface area contributed by atoms with Gasteiger partial charge in [-0.3, -0.25) is 4.79 Å². The van der Waals surface area contributed by atoms with Crippen molar-refractivity contribution in [2.24, 2.45) is 0 Å². The lowest BCUT2D eigenvalue weighted by Crippen LogP contribution is -2.50. The zero-order valence-electron chi connectivity index (χ0n) is 14.6. The Morgan fingerprint density at radius 3 is 2.23 bits per heavy atom. The maximum absolute atomic E-state index is 12.7. The van der Waals surface area contributed by atoms with E-state index in [-0.39, 0.29) is 11.7 Å². The third kappa shape index (κ3) is 4.26. The lowest BCUT2D eigenvalue weighted by molar-refractivity contribution is 0.0698. The molecule has 2 aromatic rings. The van der Waals surface area contributed by atoms with Crippen molar-refractivity contribution in [3.63, 3.8) is 0 Å². The molecule has 1 heterocycles. The minimum atomic E-state index is -3.40. The Bertz CT molecular complexity index is 889. The number of sulfonamides is 1. The van der Waals surface area contributed by atoms with Gasteiger partial charge in [-0.1, -0.05) is 35.9 Å². The van der Waals surface area contributed by atoms with Gasteiger partial charge in [0.2, 0.25) is 10.0 Å². The van der Waals surface area contributed by atoms with E-state index in [2.05, 4.69) is 0 Å². The van der Waals surface area contributed by atoms with E-state index in [1.807, 2.05) is 31.2 Å². The van der Waals surface area contributed by atoms with Crippen molar-refractivity contribution in [2.75, 3.05) is 26.2 Å². The lowest BCUT2D eigenvalue weighted by Gasteiger charge is -2.34. The molecule has 0 bridgehead atoms. The quantitative estimate of drug-likeness (QED) is 0.803. The van der Waals surface area contributed by atoms with Crippen molar-refractivity contribution in [1.82, 2.24) is 9.21 Å². The molecular formula is C19H21ClN2O3S. The molecule has 1 fully saturated rings. The Morgan fingerprint density at radius 2 is 1.62 bits per heavy atom. The summed E-state index contributed by atoms with van der Waals surface area (Å²) in [6.45, 7) is 3.30. The third-order valence-corrected chi connectivity index (χ3v) is 6.69. The number of benzene rings is 2. The fourth-order valence-electron chi connectivity index (χ4n) is 3.00. The summed E-state index contributed by atoms with van der Waals surface area (Å²) < 4.78 is 26.9. The minimum absolute atomic E-state index is 0.00912. The van der Waals surface area contributed by atoms with Crippen LogP contribution in [0.5, 0.6) is 0 Å². The van der Waals surface area contributed by atoms with E-state index in [0.717, 1.165) is 11.1 Å². The average molecular weight is 393 g/mol. The van der Waals surface area contributed by atoms with Crippen LogP contribution in [0, 0.1) is 6.92 Å². The normalized spacial score (nSPS) is 15.8. The lowest BCUT2D eigenvalue weighted by atomic mass is 10.1. The molecule has 1 aliphatic heterocycles. The highest BCUT2D eigenvalue weighted by Crippen LogP contribution is 2.18. The molecule has 0 aromatic heterocycles. The number of hydrogen-bond acceptors (Lipinski definition) is 3. The molecule has 0 unspecified atom stereocenters. The van der Waals surface area contributed by atoms with Crippen LogP contribution in [0.4, 0.5) is 0 Å². The van der Waals surface area contributed by atoms with Crippen molar-refractivity contribution in [2.45, 2.75) is 12.7 Å². The van der Waals surface area contributed by atoms with Gasteiger partial charge in [0.25, 0.3) is 5.91 Å². The van der Waals surface area contributed by atoms with Crippen molar-refractivity contribution in [1.29, 1.82) is 0 Å². The molecular weight excluding hydrogens is 372 g/mol. The van der Waals surface area contributed by atoms with Crippen molar-refractivity contribution in [3.05, 3.63) is 70.2 Å². The Labute approximate surface area is 159 Å². The van der Waals surface area contributed by atoms with E-state index in [1.165, 1.54) is 4.31 Å². The Hall–Kier alpha value is -1.89. The summed E-state index contributed by atoms with van der Waals surface area (Å²) >= 11 is 5.85. The van der Waals surface area contributed by atoms with Crippen LogP contribution in [0.1, 0.15) is 21.5 Å². The van der Waals surface area contributed by atoms with Crippen molar-refractivity contribution < 1.29 is 13.2 Å². The largest absolute Gasteiger partial charge is 0.336 e. The van der Waals surface area contributed by atoms with Crippen molar-refractivity contribution in [3.8, 4) is 0 Å². The Balaban J connectivity index is 1.63. The smallest absolute Gasteiger partial charge is 0.253 e. The van der Waals surface area contributed by atoms with E-state index < -0.39 is 10.0 Å². The number of carbonyl (C=O) groups excluding carboxylic acids is 1. The van der Waals surface area contributed by atoms with Gasteiger partial charge in [-0.25, -0.2) is 8.42 Å². The van der Waals surface area contributed by atoms with E-state index >= 15 is 0 Å². The van der Waals surface area contributed by atoms with Gasteiger partial charge in [-0.15, -0.1) is 0 Å². The van der Waals surface area contributed by atoms with Crippen LogP contribution >= 0.6 is 11.6 Å². The van der Waals surface area contributed by atoms with Gasteiger partial charge in [0.15, 0.2) is 0 Å². The van der Waals surface area contributed by atoms with Crippen molar-refractivity contribution >= 4 is 27.5 Å². The summed E-state index contributed by atoms with van der Waals surface area (Å²) in [7, 11) is -3.40. The summed E-state index contributed by atoms with van der Waals surface area (Å²) in [6.07, 6.45) is 0. The molecule has 1 amide bonds. The van der Waals surface area contributed by atoms with Crippen LogP contribution in [0.3, 0.4) is 0 Å². The van der Waals surface area contributed by atoms with E-state index in [1.54, 1.807) is 29.2 Å². The number of carbonyl (C=O) groups is 1. The molecule has 0 saturated carbocycles. The summed E-state index contributed by atoms with van der Waals surface area (Å²) in [6, 6.07) is 14.2. The first-order valence-electron chi connectivity index (χ1n) is 8.44. The highest BCUT2D eigenvalue weighted by atomic mass is 35.5. The summed E-state index contributed by atoms with van der Waals surface area (Å²) in [4.78, 5) is 14.2. The molecule has 0 radical (unpaired) electrons. The third-order valence-electron chi connectivity index (χ3n) is 4.61. The van der Waals surface area contributed by atoms with Gasteiger partial charge in [-0.05, 0) is 42.3 Å².